The second kappa shape index (κ2) is 7.86. The summed E-state index contributed by atoms with van der Waals surface area (Å²) in [4.78, 5) is 14.6. The predicted molar refractivity (Wildman–Crippen MR) is 93.1 cm³/mol. The summed E-state index contributed by atoms with van der Waals surface area (Å²) >= 11 is 7.20. The number of hydrogen-bond acceptors (Lipinski definition) is 5. The number of likely N-dealkylation sites (tertiary alicyclic amines) is 1. The number of carbonyl (C=O) groups excluding carboxylic acids is 1. The summed E-state index contributed by atoms with van der Waals surface area (Å²) in [5.74, 6) is -0.230. The van der Waals surface area contributed by atoms with E-state index in [2.05, 4.69) is 20.4 Å². The maximum Gasteiger partial charge on any atom is 0.286 e. The first-order valence-corrected chi connectivity index (χ1v) is 9.02. The number of aromatic nitrogens is 2. The third-order valence-electron chi connectivity index (χ3n) is 3.82. The summed E-state index contributed by atoms with van der Waals surface area (Å²) in [6.45, 7) is 2.99. The topological polar surface area (TPSA) is 58.1 Å². The summed E-state index contributed by atoms with van der Waals surface area (Å²) in [6, 6.07) is 7.00. The normalized spacial score (nSPS) is 16.0. The lowest BCUT2D eigenvalue weighted by atomic mass is 10.2. The van der Waals surface area contributed by atoms with E-state index < -0.39 is 0 Å². The molecule has 0 spiro atoms. The first-order valence-electron chi connectivity index (χ1n) is 7.82. The van der Waals surface area contributed by atoms with Crippen LogP contribution in [0.3, 0.4) is 0 Å². The number of anilines is 1. The summed E-state index contributed by atoms with van der Waals surface area (Å²) < 4.78 is 0. The lowest BCUT2D eigenvalue weighted by Gasteiger charge is -2.17. The van der Waals surface area contributed by atoms with Crippen molar-refractivity contribution >= 4 is 34.5 Å². The fraction of sp³-hybridized carbons (Fsp3) is 0.438. The van der Waals surface area contributed by atoms with Gasteiger partial charge in [0.05, 0.1) is 6.54 Å². The van der Waals surface area contributed by atoms with Crippen LogP contribution < -0.4 is 5.32 Å². The molecule has 1 aromatic heterocycles. The molecule has 0 aliphatic carbocycles. The SMILES string of the molecule is O=C(Nc1ccc(Cl)cc1)c1nnc(CN2CCCCCC2)s1. The van der Waals surface area contributed by atoms with E-state index in [1.54, 1.807) is 24.3 Å². The Kier molecular flexibility index (Phi) is 5.59. The van der Waals surface area contributed by atoms with Crippen molar-refractivity contribution in [1.29, 1.82) is 0 Å². The Bertz CT molecular complexity index is 650. The molecule has 5 nitrogen and oxygen atoms in total. The number of carbonyl (C=O) groups is 1. The van der Waals surface area contributed by atoms with E-state index in [1.165, 1.54) is 37.0 Å². The molecule has 3 rings (SSSR count). The Hall–Kier alpha value is -1.50. The average molecular weight is 351 g/mol. The van der Waals surface area contributed by atoms with E-state index in [9.17, 15) is 4.79 Å². The second-order valence-electron chi connectivity index (χ2n) is 5.65. The Morgan fingerprint density at radius 2 is 1.83 bits per heavy atom. The van der Waals surface area contributed by atoms with Crippen LogP contribution >= 0.6 is 22.9 Å². The molecule has 2 aromatic rings. The van der Waals surface area contributed by atoms with Crippen molar-refractivity contribution in [1.82, 2.24) is 15.1 Å². The van der Waals surface area contributed by atoms with E-state index in [0.717, 1.165) is 24.6 Å². The van der Waals surface area contributed by atoms with Gasteiger partial charge in [-0.25, -0.2) is 0 Å². The number of amides is 1. The molecule has 1 fully saturated rings. The van der Waals surface area contributed by atoms with Crippen molar-refractivity contribution in [2.75, 3.05) is 18.4 Å². The standard InChI is InChI=1S/C16H19ClN4OS/c17-12-5-7-13(8-6-12)18-15(22)16-20-19-14(23-16)11-21-9-3-1-2-4-10-21/h5-8H,1-4,9-11H2,(H,18,22). The van der Waals surface area contributed by atoms with Gasteiger partial charge in [-0.05, 0) is 50.2 Å². The van der Waals surface area contributed by atoms with Crippen molar-refractivity contribution < 1.29 is 4.79 Å². The maximum atomic E-state index is 12.2. The Morgan fingerprint density at radius 3 is 2.52 bits per heavy atom. The van der Waals surface area contributed by atoms with Gasteiger partial charge in [0.15, 0.2) is 0 Å². The predicted octanol–water partition coefficient (Wildman–Crippen LogP) is 3.82. The van der Waals surface area contributed by atoms with E-state index >= 15 is 0 Å². The maximum absolute atomic E-state index is 12.2. The van der Waals surface area contributed by atoms with Crippen molar-refractivity contribution in [3.8, 4) is 0 Å². The quantitative estimate of drug-likeness (QED) is 0.910. The number of nitrogens with zero attached hydrogens (tertiary/aromatic N) is 3. The first kappa shape index (κ1) is 16.4. The Labute approximate surface area is 144 Å². The third-order valence-corrected chi connectivity index (χ3v) is 4.98. The van der Waals surface area contributed by atoms with Crippen LogP contribution in [0.15, 0.2) is 24.3 Å². The van der Waals surface area contributed by atoms with E-state index in [1.807, 2.05) is 0 Å². The second-order valence-corrected chi connectivity index (χ2v) is 7.15. The summed E-state index contributed by atoms with van der Waals surface area (Å²) in [6.07, 6.45) is 5.09. The van der Waals surface area contributed by atoms with Gasteiger partial charge >= 0.3 is 0 Å². The fourth-order valence-electron chi connectivity index (χ4n) is 2.61. The molecule has 1 aromatic carbocycles. The van der Waals surface area contributed by atoms with Gasteiger partial charge in [0.1, 0.15) is 5.01 Å². The molecule has 2 heterocycles. The summed E-state index contributed by atoms with van der Waals surface area (Å²) in [5, 5.41) is 12.9. The molecule has 0 saturated carbocycles. The van der Waals surface area contributed by atoms with Crippen molar-refractivity contribution in [3.63, 3.8) is 0 Å². The minimum Gasteiger partial charge on any atom is -0.320 e. The zero-order valence-electron chi connectivity index (χ0n) is 12.8. The van der Waals surface area contributed by atoms with Crippen LogP contribution in [0.1, 0.15) is 40.5 Å². The van der Waals surface area contributed by atoms with Gasteiger partial charge in [0.2, 0.25) is 5.01 Å². The molecule has 122 valence electrons. The van der Waals surface area contributed by atoms with Gasteiger partial charge in [-0.15, -0.1) is 10.2 Å². The number of hydrogen-bond donors (Lipinski definition) is 1. The van der Waals surface area contributed by atoms with E-state index in [4.69, 9.17) is 11.6 Å². The highest BCUT2D eigenvalue weighted by molar-refractivity contribution is 7.13. The highest BCUT2D eigenvalue weighted by atomic mass is 35.5. The first-order chi connectivity index (χ1) is 11.2. The number of nitrogens with one attached hydrogen (secondary N) is 1. The largest absolute Gasteiger partial charge is 0.320 e. The van der Waals surface area contributed by atoms with Crippen LogP contribution in [0, 0.1) is 0 Å². The van der Waals surface area contributed by atoms with Crippen molar-refractivity contribution in [3.05, 3.63) is 39.3 Å². The minimum absolute atomic E-state index is 0.230. The highest BCUT2D eigenvalue weighted by Crippen LogP contribution is 2.18. The van der Waals surface area contributed by atoms with Crippen molar-refractivity contribution in [2.45, 2.75) is 32.2 Å². The molecule has 0 unspecified atom stereocenters. The van der Waals surface area contributed by atoms with E-state index in [-0.39, 0.29) is 5.91 Å². The smallest absolute Gasteiger partial charge is 0.286 e. The van der Waals surface area contributed by atoms with Crippen LogP contribution in [0.2, 0.25) is 5.02 Å². The van der Waals surface area contributed by atoms with Gasteiger partial charge in [-0.1, -0.05) is 35.8 Å². The molecule has 1 aliphatic heterocycles. The lowest BCUT2D eigenvalue weighted by molar-refractivity contribution is 0.102. The Morgan fingerprint density at radius 1 is 1.13 bits per heavy atom. The Balaban J connectivity index is 1.59. The molecule has 1 amide bonds. The highest BCUT2D eigenvalue weighted by Gasteiger charge is 2.16. The molecule has 1 aliphatic rings. The zero-order valence-corrected chi connectivity index (χ0v) is 14.4. The van der Waals surface area contributed by atoms with Crippen molar-refractivity contribution in [2.24, 2.45) is 0 Å². The minimum atomic E-state index is -0.230. The van der Waals surface area contributed by atoms with Gasteiger partial charge in [0, 0.05) is 10.7 Å². The molecular formula is C16H19ClN4OS. The lowest BCUT2D eigenvalue weighted by Crippen LogP contribution is -2.23. The van der Waals surface area contributed by atoms with Crippen LogP contribution in [0.5, 0.6) is 0 Å². The van der Waals surface area contributed by atoms with Gasteiger partial charge in [-0.2, -0.15) is 0 Å². The van der Waals surface area contributed by atoms with Crippen LogP contribution in [0.4, 0.5) is 5.69 Å². The van der Waals surface area contributed by atoms with Crippen LogP contribution in [-0.4, -0.2) is 34.1 Å². The van der Waals surface area contributed by atoms with Crippen LogP contribution in [-0.2, 0) is 6.54 Å². The van der Waals surface area contributed by atoms with Crippen LogP contribution in [0.25, 0.3) is 0 Å². The monoisotopic (exact) mass is 350 g/mol. The molecule has 7 heteroatoms. The number of benzene rings is 1. The molecule has 0 bridgehead atoms. The third kappa shape index (κ3) is 4.73. The zero-order chi connectivity index (χ0) is 16.1. The summed E-state index contributed by atoms with van der Waals surface area (Å²) in [7, 11) is 0. The number of rotatable bonds is 4. The molecular weight excluding hydrogens is 332 g/mol. The molecule has 1 saturated heterocycles. The number of halogens is 1. The fourth-order valence-corrected chi connectivity index (χ4v) is 3.52. The average Bonchev–Trinajstić information content (AvgIpc) is 2.86. The molecule has 0 radical (unpaired) electrons. The van der Waals surface area contributed by atoms with Gasteiger partial charge < -0.3 is 5.32 Å². The molecule has 23 heavy (non-hydrogen) atoms. The molecule has 0 atom stereocenters. The van der Waals surface area contributed by atoms with E-state index in [0.29, 0.717) is 15.7 Å². The van der Waals surface area contributed by atoms with Gasteiger partial charge in [-0.3, -0.25) is 9.69 Å². The van der Waals surface area contributed by atoms with Gasteiger partial charge in [0.25, 0.3) is 5.91 Å². The summed E-state index contributed by atoms with van der Waals surface area (Å²) in [5.41, 5.74) is 0.698. The molecule has 1 N–H and O–H groups in total.